The highest BCUT2D eigenvalue weighted by Gasteiger charge is 2.44. The van der Waals surface area contributed by atoms with Gasteiger partial charge in [0.25, 0.3) is 5.92 Å². The first-order valence-electron chi connectivity index (χ1n) is 5.84. The molecular formula is C13H15F2NO2. The van der Waals surface area contributed by atoms with Gasteiger partial charge in [0, 0.05) is 6.42 Å². The van der Waals surface area contributed by atoms with E-state index in [2.05, 4.69) is 5.32 Å². The van der Waals surface area contributed by atoms with Crippen LogP contribution in [0.2, 0.25) is 0 Å². The summed E-state index contributed by atoms with van der Waals surface area (Å²) < 4.78 is 32.2. The predicted molar refractivity (Wildman–Crippen MR) is 62.2 cm³/mol. The second kappa shape index (κ2) is 5.44. The first-order valence-corrected chi connectivity index (χ1v) is 5.84. The Hall–Kier alpha value is -1.49. The number of benzene rings is 1. The predicted octanol–water partition coefficient (Wildman–Crippen LogP) is 1.97. The number of carbonyl (C=O) groups is 1. The fourth-order valence-corrected chi connectivity index (χ4v) is 1.88. The molecule has 0 saturated carbocycles. The SMILES string of the molecule is O=C1CC(COCc2ccccc2)C(F)(F)CN1. The fraction of sp³-hybridized carbons (Fsp3) is 0.462. The van der Waals surface area contributed by atoms with E-state index in [1.165, 1.54) is 0 Å². The van der Waals surface area contributed by atoms with Crippen LogP contribution in [-0.4, -0.2) is 25.0 Å². The van der Waals surface area contributed by atoms with Gasteiger partial charge < -0.3 is 10.1 Å². The van der Waals surface area contributed by atoms with Crippen LogP contribution in [0, 0.1) is 5.92 Å². The van der Waals surface area contributed by atoms with Crippen molar-refractivity contribution in [2.24, 2.45) is 5.92 Å². The van der Waals surface area contributed by atoms with Crippen molar-refractivity contribution in [3.63, 3.8) is 0 Å². The summed E-state index contributed by atoms with van der Waals surface area (Å²) in [5.74, 6) is -4.26. The monoisotopic (exact) mass is 255 g/mol. The van der Waals surface area contributed by atoms with Crippen molar-refractivity contribution >= 4 is 5.91 Å². The fourth-order valence-electron chi connectivity index (χ4n) is 1.88. The number of nitrogens with one attached hydrogen (secondary N) is 1. The molecule has 0 radical (unpaired) electrons. The van der Waals surface area contributed by atoms with Crippen LogP contribution in [0.5, 0.6) is 0 Å². The van der Waals surface area contributed by atoms with E-state index < -0.39 is 18.4 Å². The van der Waals surface area contributed by atoms with Crippen LogP contribution in [0.25, 0.3) is 0 Å². The summed E-state index contributed by atoms with van der Waals surface area (Å²) in [6.07, 6.45) is -0.179. The van der Waals surface area contributed by atoms with Gasteiger partial charge in [0.15, 0.2) is 0 Å². The maximum Gasteiger partial charge on any atom is 0.270 e. The van der Waals surface area contributed by atoms with Gasteiger partial charge in [0.1, 0.15) is 0 Å². The van der Waals surface area contributed by atoms with Crippen LogP contribution in [0.1, 0.15) is 12.0 Å². The third kappa shape index (κ3) is 3.26. The van der Waals surface area contributed by atoms with E-state index in [1.54, 1.807) is 0 Å². The quantitative estimate of drug-likeness (QED) is 0.893. The molecule has 0 bridgehead atoms. The second-order valence-electron chi connectivity index (χ2n) is 4.44. The number of alkyl halides is 2. The van der Waals surface area contributed by atoms with Crippen molar-refractivity contribution in [1.29, 1.82) is 0 Å². The average Bonchev–Trinajstić information content (AvgIpc) is 2.35. The third-order valence-corrected chi connectivity index (χ3v) is 2.98. The Bertz CT molecular complexity index is 409. The molecule has 1 heterocycles. The van der Waals surface area contributed by atoms with E-state index in [-0.39, 0.29) is 25.5 Å². The number of amides is 1. The third-order valence-electron chi connectivity index (χ3n) is 2.98. The Balaban J connectivity index is 1.83. The lowest BCUT2D eigenvalue weighted by Gasteiger charge is -2.30. The van der Waals surface area contributed by atoms with Crippen molar-refractivity contribution in [2.75, 3.05) is 13.2 Å². The normalized spacial score (nSPS) is 22.6. The van der Waals surface area contributed by atoms with Crippen molar-refractivity contribution in [1.82, 2.24) is 5.32 Å². The van der Waals surface area contributed by atoms with Gasteiger partial charge in [-0.05, 0) is 5.56 Å². The molecule has 18 heavy (non-hydrogen) atoms. The minimum absolute atomic E-state index is 0.102. The Morgan fingerprint density at radius 2 is 2.06 bits per heavy atom. The van der Waals surface area contributed by atoms with E-state index >= 15 is 0 Å². The molecule has 0 aliphatic carbocycles. The van der Waals surface area contributed by atoms with Crippen molar-refractivity contribution in [2.45, 2.75) is 19.0 Å². The zero-order valence-electron chi connectivity index (χ0n) is 9.86. The second-order valence-corrected chi connectivity index (χ2v) is 4.44. The number of hydrogen-bond donors (Lipinski definition) is 1. The lowest BCUT2D eigenvalue weighted by atomic mass is 9.94. The van der Waals surface area contributed by atoms with Gasteiger partial charge in [-0.2, -0.15) is 0 Å². The van der Waals surface area contributed by atoms with E-state index in [9.17, 15) is 13.6 Å². The molecule has 1 N–H and O–H groups in total. The summed E-state index contributed by atoms with van der Waals surface area (Å²) in [5.41, 5.74) is 0.932. The minimum atomic E-state index is -2.88. The summed E-state index contributed by atoms with van der Waals surface area (Å²) in [4.78, 5) is 11.1. The Morgan fingerprint density at radius 1 is 1.33 bits per heavy atom. The molecule has 5 heteroatoms. The molecule has 1 aromatic rings. The highest BCUT2D eigenvalue weighted by Crippen LogP contribution is 2.30. The summed E-state index contributed by atoms with van der Waals surface area (Å²) in [5, 5.41) is 2.17. The van der Waals surface area contributed by atoms with Crippen LogP contribution in [0.4, 0.5) is 8.78 Å². The molecule has 1 aliphatic heterocycles. The van der Waals surface area contributed by atoms with Crippen LogP contribution in [0.3, 0.4) is 0 Å². The molecule has 1 aliphatic rings. The van der Waals surface area contributed by atoms with E-state index in [4.69, 9.17) is 4.74 Å². The lowest BCUT2D eigenvalue weighted by molar-refractivity contribution is -0.144. The molecule has 1 aromatic carbocycles. The maximum atomic E-state index is 13.5. The topological polar surface area (TPSA) is 38.3 Å². The Morgan fingerprint density at radius 3 is 2.78 bits per heavy atom. The smallest absolute Gasteiger partial charge is 0.270 e. The average molecular weight is 255 g/mol. The molecule has 1 saturated heterocycles. The van der Waals surface area contributed by atoms with E-state index in [1.807, 2.05) is 30.3 Å². The van der Waals surface area contributed by atoms with Crippen LogP contribution in [-0.2, 0) is 16.1 Å². The Labute approximate surface area is 104 Å². The molecule has 3 nitrogen and oxygen atoms in total. The number of ether oxygens (including phenoxy) is 1. The van der Waals surface area contributed by atoms with Crippen molar-refractivity contribution < 1.29 is 18.3 Å². The summed E-state index contributed by atoms with van der Waals surface area (Å²) >= 11 is 0. The van der Waals surface area contributed by atoms with E-state index in [0.717, 1.165) is 5.56 Å². The number of rotatable bonds is 4. The van der Waals surface area contributed by atoms with Gasteiger partial charge in [0.2, 0.25) is 5.91 Å². The Kier molecular flexibility index (Phi) is 3.91. The standard InChI is InChI=1S/C13H15F2NO2/c14-13(15)9-16-12(17)6-11(13)8-18-7-10-4-2-1-3-5-10/h1-5,11H,6-9H2,(H,16,17). The minimum Gasteiger partial charge on any atom is -0.376 e. The first kappa shape index (κ1) is 13.0. The summed E-state index contributed by atoms with van der Waals surface area (Å²) in [6, 6.07) is 9.34. The molecule has 2 rings (SSSR count). The molecule has 1 unspecified atom stereocenters. The van der Waals surface area contributed by atoms with Gasteiger partial charge in [-0.25, -0.2) is 8.78 Å². The zero-order valence-corrected chi connectivity index (χ0v) is 9.86. The highest BCUT2D eigenvalue weighted by atomic mass is 19.3. The first-order chi connectivity index (χ1) is 8.58. The van der Waals surface area contributed by atoms with Gasteiger partial charge >= 0.3 is 0 Å². The van der Waals surface area contributed by atoms with Crippen LogP contribution in [0.15, 0.2) is 30.3 Å². The zero-order chi connectivity index (χ0) is 13.0. The lowest BCUT2D eigenvalue weighted by Crippen LogP contribution is -2.50. The van der Waals surface area contributed by atoms with Crippen molar-refractivity contribution in [3.05, 3.63) is 35.9 Å². The van der Waals surface area contributed by atoms with Gasteiger partial charge in [-0.15, -0.1) is 0 Å². The molecule has 1 amide bonds. The molecule has 1 fully saturated rings. The molecular weight excluding hydrogens is 240 g/mol. The number of halogens is 2. The number of hydrogen-bond acceptors (Lipinski definition) is 2. The van der Waals surface area contributed by atoms with Crippen molar-refractivity contribution in [3.8, 4) is 0 Å². The number of carbonyl (C=O) groups excluding carboxylic acids is 1. The van der Waals surface area contributed by atoms with Gasteiger partial charge in [-0.1, -0.05) is 30.3 Å². The summed E-state index contributed by atoms with van der Waals surface area (Å²) in [6.45, 7) is -0.407. The van der Waals surface area contributed by atoms with Crippen LogP contribution >= 0.6 is 0 Å². The van der Waals surface area contributed by atoms with E-state index in [0.29, 0.717) is 0 Å². The highest BCUT2D eigenvalue weighted by molar-refractivity contribution is 5.77. The molecule has 0 spiro atoms. The molecule has 98 valence electrons. The molecule has 1 atom stereocenters. The number of piperidine rings is 1. The summed E-state index contributed by atoms with van der Waals surface area (Å²) in [7, 11) is 0. The maximum absolute atomic E-state index is 13.5. The largest absolute Gasteiger partial charge is 0.376 e. The van der Waals surface area contributed by atoms with Gasteiger partial charge in [-0.3, -0.25) is 4.79 Å². The molecule has 0 aromatic heterocycles. The van der Waals surface area contributed by atoms with Crippen LogP contribution < -0.4 is 5.32 Å². The van der Waals surface area contributed by atoms with Gasteiger partial charge in [0.05, 0.1) is 25.7 Å².